The normalized spacial score (nSPS) is 16.0. The molecule has 7 nitrogen and oxygen atoms in total. The molecule has 0 spiro atoms. The highest BCUT2D eigenvalue weighted by molar-refractivity contribution is 7.13. The van der Waals surface area contributed by atoms with Crippen molar-refractivity contribution in [2.24, 2.45) is 16.8 Å². The van der Waals surface area contributed by atoms with Crippen LogP contribution in [0.4, 0.5) is 5.69 Å². The van der Waals surface area contributed by atoms with Gasteiger partial charge in [-0.2, -0.15) is 5.26 Å². The third-order valence-electron chi connectivity index (χ3n) is 5.81. The Kier molecular flexibility index (Phi) is 8.83. The minimum absolute atomic E-state index is 0.222. The average Bonchev–Trinajstić information content (AvgIpc) is 3.25. The number of hydrogen-bond donors (Lipinski definition) is 1. The first-order valence-corrected chi connectivity index (χ1v) is 12.6. The van der Waals surface area contributed by atoms with Crippen molar-refractivity contribution in [3.8, 4) is 6.07 Å². The van der Waals surface area contributed by atoms with Gasteiger partial charge in [-0.1, -0.05) is 39.0 Å². The van der Waals surface area contributed by atoms with Gasteiger partial charge in [-0.3, -0.25) is 9.59 Å². The highest BCUT2D eigenvalue weighted by Gasteiger charge is 2.25. The zero-order valence-electron chi connectivity index (χ0n) is 20.4. The lowest BCUT2D eigenvalue weighted by atomic mass is 10.0. The van der Waals surface area contributed by atoms with E-state index >= 15 is 0 Å². The fourth-order valence-electron chi connectivity index (χ4n) is 3.92. The fraction of sp³-hybridized carbons (Fsp3) is 0.462. The molecule has 0 aliphatic carbocycles. The zero-order valence-corrected chi connectivity index (χ0v) is 21.2. The van der Waals surface area contributed by atoms with Gasteiger partial charge in [0, 0.05) is 38.6 Å². The van der Waals surface area contributed by atoms with E-state index in [1.807, 2.05) is 26.0 Å². The smallest absolute Gasteiger partial charge is 0.266 e. The van der Waals surface area contributed by atoms with E-state index in [1.165, 1.54) is 17.8 Å². The number of thiophene rings is 1. The van der Waals surface area contributed by atoms with Crippen molar-refractivity contribution >= 4 is 35.2 Å². The molecule has 8 heteroatoms. The molecule has 1 aliphatic rings. The monoisotopic (exact) mass is 479 g/mol. The summed E-state index contributed by atoms with van der Waals surface area (Å²) in [6.45, 7) is 8.97. The van der Waals surface area contributed by atoms with E-state index in [9.17, 15) is 14.9 Å². The fourth-order valence-corrected chi connectivity index (χ4v) is 4.91. The molecule has 2 aromatic rings. The second-order valence-corrected chi connectivity index (χ2v) is 10.2. The van der Waals surface area contributed by atoms with Gasteiger partial charge in [0.15, 0.2) is 0 Å². The second-order valence-electron chi connectivity index (χ2n) is 9.35. The summed E-state index contributed by atoms with van der Waals surface area (Å²) in [6.07, 6.45) is 4.08. The van der Waals surface area contributed by atoms with Crippen LogP contribution in [0.15, 0.2) is 34.6 Å². The number of aliphatic imine (C=N–C) groups is 1. The van der Waals surface area contributed by atoms with Crippen molar-refractivity contribution in [3.05, 3.63) is 51.2 Å². The lowest BCUT2D eigenvalue weighted by molar-refractivity contribution is 0.0790. The summed E-state index contributed by atoms with van der Waals surface area (Å²) in [5, 5.41) is 14.0. The van der Waals surface area contributed by atoms with Gasteiger partial charge in [0.25, 0.3) is 11.8 Å². The first kappa shape index (κ1) is 25.4. The van der Waals surface area contributed by atoms with Gasteiger partial charge in [-0.05, 0) is 36.3 Å². The van der Waals surface area contributed by atoms with Crippen LogP contribution in [0.5, 0.6) is 0 Å². The molecule has 34 heavy (non-hydrogen) atoms. The minimum Gasteiger partial charge on any atom is -0.362 e. The Morgan fingerprint density at radius 1 is 1.38 bits per heavy atom. The highest BCUT2D eigenvalue weighted by atomic mass is 32.1. The molecule has 0 unspecified atom stereocenters. The van der Waals surface area contributed by atoms with Crippen molar-refractivity contribution in [3.63, 3.8) is 0 Å². The maximum Gasteiger partial charge on any atom is 0.266 e. The number of carbonyl (C=O) groups excluding carboxylic acids is 2. The number of likely N-dealkylation sites (tertiary alicyclic amines) is 1. The SMILES string of the molecule is CC(C)CNC(=O)c1csc(C(=O)N(C)Cc2ccccc2C#N)c1N=CN1CCC[C@@H](C)C1. The van der Waals surface area contributed by atoms with E-state index in [1.54, 1.807) is 35.8 Å². The van der Waals surface area contributed by atoms with Crippen molar-refractivity contribution in [1.82, 2.24) is 15.1 Å². The molecule has 0 saturated carbocycles. The van der Waals surface area contributed by atoms with E-state index in [0.717, 1.165) is 25.1 Å². The third kappa shape index (κ3) is 6.45. The predicted octanol–water partition coefficient (Wildman–Crippen LogP) is 4.67. The summed E-state index contributed by atoms with van der Waals surface area (Å²) in [5.74, 6) is 0.459. The molecule has 0 radical (unpaired) electrons. The molecule has 1 aromatic heterocycles. The average molecular weight is 480 g/mol. The molecule has 0 bridgehead atoms. The van der Waals surface area contributed by atoms with E-state index in [-0.39, 0.29) is 11.8 Å². The van der Waals surface area contributed by atoms with Crippen molar-refractivity contribution in [1.29, 1.82) is 5.26 Å². The van der Waals surface area contributed by atoms with Crippen LogP contribution >= 0.6 is 11.3 Å². The van der Waals surface area contributed by atoms with Crippen molar-refractivity contribution in [2.45, 2.75) is 40.2 Å². The number of amides is 2. The number of carbonyl (C=O) groups is 2. The number of piperidine rings is 1. The number of nitrogens with zero attached hydrogens (tertiary/aromatic N) is 4. The number of benzene rings is 1. The van der Waals surface area contributed by atoms with Crippen LogP contribution in [0.1, 0.15) is 64.8 Å². The van der Waals surface area contributed by atoms with E-state index in [0.29, 0.717) is 46.6 Å². The summed E-state index contributed by atoms with van der Waals surface area (Å²) >= 11 is 1.23. The topological polar surface area (TPSA) is 88.8 Å². The van der Waals surface area contributed by atoms with Gasteiger partial charge >= 0.3 is 0 Å². The molecule has 1 aromatic carbocycles. The standard InChI is InChI=1S/C26H33N5O2S/c1-18(2)13-28-25(32)22-16-34-24(23(22)29-17-31-11-7-8-19(3)14-31)26(33)30(4)15-21-10-6-5-9-20(21)12-27/h5-6,9-10,16-19H,7-8,11,13-15H2,1-4H3,(H,28,32)/t19-/m1/s1. The molecular weight excluding hydrogens is 446 g/mol. The Hall–Kier alpha value is -3.18. The van der Waals surface area contributed by atoms with Gasteiger partial charge in [0.1, 0.15) is 10.6 Å². The highest BCUT2D eigenvalue weighted by Crippen LogP contribution is 2.33. The van der Waals surface area contributed by atoms with Crippen LogP contribution < -0.4 is 5.32 Å². The molecular formula is C26H33N5O2S. The molecule has 1 aliphatic heterocycles. The molecule has 2 heterocycles. The third-order valence-corrected chi connectivity index (χ3v) is 6.76. The van der Waals surface area contributed by atoms with Gasteiger partial charge in [-0.15, -0.1) is 11.3 Å². The van der Waals surface area contributed by atoms with E-state index in [4.69, 9.17) is 0 Å². The number of rotatable bonds is 8. The van der Waals surface area contributed by atoms with Gasteiger partial charge in [-0.25, -0.2) is 4.99 Å². The van der Waals surface area contributed by atoms with Crippen LogP contribution in [-0.2, 0) is 6.54 Å². The maximum absolute atomic E-state index is 13.4. The molecule has 2 amide bonds. The number of nitriles is 1. The van der Waals surface area contributed by atoms with Crippen LogP contribution in [-0.4, -0.2) is 54.6 Å². The molecule has 1 fully saturated rings. The first-order chi connectivity index (χ1) is 16.3. The Bertz CT molecular complexity index is 1090. The number of hydrogen-bond acceptors (Lipinski definition) is 5. The van der Waals surface area contributed by atoms with Gasteiger partial charge < -0.3 is 15.1 Å². The Morgan fingerprint density at radius 2 is 2.15 bits per heavy atom. The first-order valence-electron chi connectivity index (χ1n) is 11.7. The van der Waals surface area contributed by atoms with Crippen LogP contribution in [0.2, 0.25) is 0 Å². The maximum atomic E-state index is 13.4. The molecule has 180 valence electrons. The molecule has 1 saturated heterocycles. The molecule has 3 rings (SSSR count). The van der Waals surface area contributed by atoms with Crippen LogP contribution in [0.3, 0.4) is 0 Å². The largest absolute Gasteiger partial charge is 0.362 e. The molecule has 1 N–H and O–H groups in total. The predicted molar refractivity (Wildman–Crippen MR) is 137 cm³/mol. The summed E-state index contributed by atoms with van der Waals surface area (Å²) in [6, 6.07) is 9.42. The second kappa shape index (κ2) is 11.8. The van der Waals surface area contributed by atoms with E-state index in [2.05, 4.69) is 28.2 Å². The van der Waals surface area contributed by atoms with E-state index < -0.39 is 0 Å². The lowest BCUT2D eigenvalue weighted by Crippen LogP contribution is -2.33. The van der Waals surface area contributed by atoms with Gasteiger partial charge in [0.05, 0.1) is 23.5 Å². The number of nitrogens with one attached hydrogen (secondary N) is 1. The zero-order chi connectivity index (χ0) is 24.7. The van der Waals surface area contributed by atoms with Crippen molar-refractivity contribution < 1.29 is 9.59 Å². The Balaban J connectivity index is 1.88. The Labute approximate surface area is 206 Å². The molecule has 1 atom stereocenters. The lowest BCUT2D eigenvalue weighted by Gasteiger charge is -2.28. The summed E-state index contributed by atoms with van der Waals surface area (Å²) in [5.41, 5.74) is 2.15. The van der Waals surface area contributed by atoms with Gasteiger partial charge in [0.2, 0.25) is 0 Å². The van der Waals surface area contributed by atoms with Crippen LogP contribution in [0, 0.1) is 23.2 Å². The quantitative estimate of drug-likeness (QED) is 0.440. The summed E-state index contributed by atoms with van der Waals surface area (Å²) in [7, 11) is 1.70. The Morgan fingerprint density at radius 3 is 2.85 bits per heavy atom. The van der Waals surface area contributed by atoms with Crippen LogP contribution in [0.25, 0.3) is 0 Å². The summed E-state index contributed by atoms with van der Waals surface area (Å²) in [4.78, 5) is 35.1. The summed E-state index contributed by atoms with van der Waals surface area (Å²) < 4.78 is 0. The van der Waals surface area contributed by atoms with Crippen molar-refractivity contribution in [2.75, 3.05) is 26.7 Å². The minimum atomic E-state index is -0.222.